The Kier molecular flexibility index (Phi) is 5.75. The van der Waals surface area contributed by atoms with E-state index in [1.54, 1.807) is 26.3 Å². The Bertz CT molecular complexity index is 1160. The Morgan fingerprint density at radius 1 is 0.774 bits per heavy atom. The normalized spacial score (nSPS) is 16.2. The Balaban J connectivity index is 1.30. The standard InChI is InChI=1S/C21H16N4O4S2/c1-10-24-16-18(28)12(8-14(26)20(16)30-10)22-6-4-3-5-7-23-13-9-15(27)21-17(19(13)29)25-11(2)31-21/h6-9H,3-5H2,1-2H3. The van der Waals surface area contributed by atoms with Crippen molar-refractivity contribution < 1.29 is 19.2 Å². The number of aromatic nitrogens is 2. The molecule has 0 atom stereocenters. The quantitative estimate of drug-likeness (QED) is 0.486. The summed E-state index contributed by atoms with van der Waals surface area (Å²) in [4.78, 5) is 66.2. The molecular weight excluding hydrogens is 436 g/mol. The summed E-state index contributed by atoms with van der Waals surface area (Å²) in [5.41, 5.74) is 0.519. The molecule has 0 saturated carbocycles. The molecule has 156 valence electrons. The Hall–Kier alpha value is -3.24. The van der Waals surface area contributed by atoms with Gasteiger partial charge in [0.1, 0.15) is 32.5 Å². The topological polar surface area (TPSA) is 119 Å². The van der Waals surface area contributed by atoms with Gasteiger partial charge in [0.25, 0.3) is 0 Å². The molecule has 2 aromatic heterocycles. The molecule has 10 heteroatoms. The zero-order valence-corrected chi connectivity index (χ0v) is 18.3. The number of allylic oxidation sites excluding steroid dienone is 4. The first-order valence-corrected chi connectivity index (χ1v) is 11.1. The maximum atomic E-state index is 12.4. The molecule has 31 heavy (non-hydrogen) atoms. The zero-order valence-electron chi connectivity index (χ0n) is 16.7. The van der Waals surface area contributed by atoms with Crippen molar-refractivity contribution >= 4 is 58.2 Å². The summed E-state index contributed by atoms with van der Waals surface area (Å²) in [5, 5.41) is 1.33. The van der Waals surface area contributed by atoms with Crippen LogP contribution in [0.25, 0.3) is 0 Å². The molecule has 2 aromatic rings. The summed E-state index contributed by atoms with van der Waals surface area (Å²) in [6, 6.07) is 0. The van der Waals surface area contributed by atoms with Gasteiger partial charge in [0, 0.05) is 24.6 Å². The average molecular weight is 453 g/mol. The first-order chi connectivity index (χ1) is 14.8. The first-order valence-electron chi connectivity index (χ1n) is 9.46. The van der Waals surface area contributed by atoms with Gasteiger partial charge in [-0.25, -0.2) is 9.97 Å². The minimum Gasteiger partial charge on any atom is -0.288 e. The smallest absolute Gasteiger partial charge is 0.231 e. The van der Waals surface area contributed by atoms with Crippen LogP contribution in [0.5, 0.6) is 0 Å². The van der Waals surface area contributed by atoms with Crippen LogP contribution in [-0.4, -0.2) is 45.5 Å². The van der Waals surface area contributed by atoms with E-state index < -0.39 is 0 Å². The summed E-state index contributed by atoms with van der Waals surface area (Å²) >= 11 is 2.41. The number of hydrogen-bond acceptors (Lipinski definition) is 10. The van der Waals surface area contributed by atoms with Gasteiger partial charge in [-0.15, -0.1) is 22.7 Å². The molecule has 0 unspecified atom stereocenters. The molecule has 0 N–H and O–H groups in total. The third-order valence-corrected chi connectivity index (χ3v) is 6.44. The second kappa shape index (κ2) is 8.48. The number of thiazole rings is 2. The van der Waals surface area contributed by atoms with E-state index in [1.807, 2.05) is 0 Å². The maximum Gasteiger partial charge on any atom is 0.231 e. The van der Waals surface area contributed by atoms with Crippen LogP contribution in [0.4, 0.5) is 0 Å². The van der Waals surface area contributed by atoms with E-state index >= 15 is 0 Å². The fourth-order valence-electron chi connectivity index (χ4n) is 3.07. The average Bonchev–Trinajstić information content (AvgIpc) is 3.32. The Morgan fingerprint density at radius 3 is 1.61 bits per heavy atom. The Labute approximate surface area is 185 Å². The van der Waals surface area contributed by atoms with Gasteiger partial charge in [-0.3, -0.25) is 29.2 Å². The SMILES string of the molecule is Cc1nc2c(s1)C(=O)C=C(N=CCCCC=NC1=CC(=O)c3sc(C)nc3C1=O)C2=O. The number of rotatable bonds is 6. The predicted molar refractivity (Wildman–Crippen MR) is 118 cm³/mol. The van der Waals surface area contributed by atoms with Crippen LogP contribution in [0.2, 0.25) is 0 Å². The van der Waals surface area contributed by atoms with Crippen molar-refractivity contribution in [1.29, 1.82) is 0 Å². The van der Waals surface area contributed by atoms with Gasteiger partial charge in [-0.1, -0.05) is 0 Å². The lowest BCUT2D eigenvalue weighted by molar-refractivity contribution is 0.0983. The van der Waals surface area contributed by atoms with Crippen LogP contribution in [0.1, 0.15) is 69.6 Å². The summed E-state index contributed by atoms with van der Waals surface area (Å²) < 4.78 is 0. The fraction of sp³-hybridized carbons (Fsp3) is 0.238. The highest BCUT2D eigenvalue weighted by atomic mass is 32.1. The number of carbonyl (C=O) groups excluding carboxylic acids is 4. The molecule has 0 bridgehead atoms. The molecule has 4 rings (SSSR count). The largest absolute Gasteiger partial charge is 0.288 e. The van der Waals surface area contributed by atoms with E-state index in [1.165, 1.54) is 34.8 Å². The molecule has 0 saturated heterocycles. The fourth-order valence-corrected chi connectivity index (χ4v) is 4.72. The van der Waals surface area contributed by atoms with Gasteiger partial charge >= 0.3 is 0 Å². The van der Waals surface area contributed by atoms with E-state index in [9.17, 15) is 19.2 Å². The molecule has 0 radical (unpaired) electrons. The lowest BCUT2D eigenvalue weighted by Crippen LogP contribution is -2.14. The number of fused-ring (bicyclic) bond motifs is 2. The highest BCUT2D eigenvalue weighted by Gasteiger charge is 2.30. The van der Waals surface area contributed by atoms with Crippen molar-refractivity contribution in [2.45, 2.75) is 33.1 Å². The second-order valence-electron chi connectivity index (χ2n) is 6.82. The van der Waals surface area contributed by atoms with Crippen LogP contribution in [0, 0.1) is 13.8 Å². The second-order valence-corrected chi connectivity index (χ2v) is 9.23. The van der Waals surface area contributed by atoms with Gasteiger partial charge in [-0.05, 0) is 33.1 Å². The van der Waals surface area contributed by atoms with Crippen LogP contribution in [0.3, 0.4) is 0 Å². The summed E-state index contributed by atoms with van der Waals surface area (Å²) in [7, 11) is 0. The number of ketones is 4. The predicted octanol–water partition coefficient (Wildman–Crippen LogP) is 3.75. The molecule has 8 nitrogen and oxygen atoms in total. The number of hydrogen-bond donors (Lipinski definition) is 0. The van der Waals surface area contributed by atoms with Crippen molar-refractivity contribution in [3.63, 3.8) is 0 Å². The van der Waals surface area contributed by atoms with Gasteiger partial charge < -0.3 is 0 Å². The van der Waals surface area contributed by atoms with Crippen LogP contribution >= 0.6 is 22.7 Å². The molecule has 0 aliphatic heterocycles. The number of carbonyl (C=O) groups is 4. The third-order valence-electron chi connectivity index (χ3n) is 4.47. The number of aryl methyl sites for hydroxylation is 2. The number of nitrogens with zero attached hydrogens (tertiary/aromatic N) is 4. The molecule has 2 heterocycles. The molecule has 0 fully saturated rings. The van der Waals surface area contributed by atoms with Crippen LogP contribution < -0.4 is 0 Å². The third kappa shape index (κ3) is 4.17. The van der Waals surface area contributed by atoms with E-state index in [2.05, 4.69) is 20.0 Å². The lowest BCUT2D eigenvalue weighted by Gasteiger charge is -2.06. The molecule has 0 amide bonds. The van der Waals surface area contributed by atoms with Crippen molar-refractivity contribution in [2.75, 3.05) is 0 Å². The van der Waals surface area contributed by atoms with Crippen LogP contribution in [0.15, 0.2) is 33.5 Å². The van der Waals surface area contributed by atoms with Crippen molar-refractivity contribution in [2.24, 2.45) is 9.98 Å². The molecule has 2 aliphatic carbocycles. The van der Waals surface area contributed by atoms with Crippen molar-refractivity contribution in [1.82, 2.24) is 9.97 Å². The van der Waals surface area contributed by atoms with Gasteiger partial charge in [0.2, 0.25) is 11.6 Å². The number of unbranched alkanes of at least 4 members (excludes halogenated alkanes) is 2. The van der Waals surface area contributed by atoms with E-state index in [0.717, 1.165) is 0 Å². The van der Waals surface area contributed by atoms with E-state index in [4.69, 9.17) is 0 Å². The Morgan fingerprint density at radius 2 is 1.19 bits per heavy atom. The monoisotopic (exact) mass is 452 g/mol. The van der Waals surface area contributed by atoms with Crippen LogP contribution in [-0.2, 0) is 0 Å². The van der Waals surface area contributed by atoms with E-state index in [-0.39, 0.29) is 45.9 Å². The van der Waals surface area contributed by atoms with Gasteiger partial charge in [0.05, 0.1) is 10.0 Å². The molecule has 0 spiro atoms. The molecule has 2 aliphatic rings. The summed E-state index contributed by atoms with van der Waals surface area (Å²) in [6.45, 7) is 3.50. The summed E-state index contributed by atoms with van der Waals surface area (Å²) in [5.74, 6) is -1.20. The lowest BCUT2D eigenvalue weighted by atomic mass is 10.0. The minimum absolute atomic E-state index is 0.0855. The van der Waals surface area contributed by atoms with Gasteiger partial charge in [-0.2, -0.15) is 0 Å². The highest BCUT2D eigenvalue weighted by Crippen LogP contribution is 2.27. The minimum atomic E-state index is -0.346. The van der Waals surface area contributed by atoms with E-state index in [0.29, 0.717) is 39.0 Å². The maximum absolute atomic E-state index is 12.4. The zero-order chi connectivity index (χ0) is 22.1. The summed E-state index contributed by atoms with van der Waals surface area (Å²) in [6.07, 6.45) is 7.41. The number of Topliss-reactive ketones (excluding diaryl/α,β-unsaturated/α-hetero) is 2. The number of aliphatic imine (C=N–C) groups is 2. The van der Waals surface area contributed by atoms with Gasteiger partial charge in [0.15, 0.2) is 11.6 Å². The first kappa shape index (κ1) is 21.0. The molecular formula is C21H16N4O4S2. The molecule has 0 aromatic carbocycles. The van der Waals surface area contributed by atoms with Crippen molar-refractivity contribution in [3.05, 3.63) is 54.7 Å². The highest BCUT2D eigenvalue weighted by molar-refractivity contribution is 7.14. The van der Waals surface area contributed by atoms with Crippen molar-refractivity contribution in [3.8, 4) is 0 Å².